The van der Waals surface area contributed by atoms with Gasteiger partial charge in [-0.1, -0.05) is 6.07 Å². The topological polar surface area (TPSA) is 20.2 Å². The average molecular weight is 245 g/mol. The number of thiol groups is 1. The standard InChI is InChI=1S/C10H9ClOS2/c11-4-7-3-6-1-2-9(13)8(5-12)10(6)14-7/h1-3,12-13H,4-5H2. The van der Waals surface area contributed by atoms with Crippen LogP contribution in [0.1, 0.15) is 10.4 Å². The molecule has 4 heteroatoms. The first-order valence-electron chi connectivity index (χ1n) is 4.16. The number of hydrogen-bond acceptors (Lipinski definition) is 3. The summed E-state index contributed by atoms with van der Waals surface area (Å²) in [7, 11) is 0. The van der Waals surface area contributed by atoms with Gasteiger partial charge in [-0.25, -0.2) is 0 Å². The van der Waals surface area contributed by atoms with Crippen molar-refractivity contribution in [2.45, 2.75) is 17.4 Å². The van der Waals surface area contributed by atoms with E-state index in [0.717, 1.165) is 25.4 Å². The van der Waals surface area contributed by atoms with Gasteiger partial charge in [0.25, 0.3) is 0 Å². The van der Waals surface area contributed by atoms with E-state index in [1.54, 1.807) is 11.3 Å². The number of alkyl halides is 1. The maximum atomic E-state index is 9.22. The lowest BCUT2D eigenvalue weighted by Gasteiger charge is -2.01. The summed E-state index contributed by atoms with van der Waals surface area (Å²) in [5, 5.41) is 10.4. The van der Waals surface area contributed by atoms with Crippen LogP contribution in [0.25, 0.3) is 10.1 Å². The molecule has 1 nitrogen and oxygen atoms in total. The third-order valence-electron chi connectivity index (χ3n) is 2.11. The number of hydrogen-bond donors (Lipinski definition) is 2. The van der Waals surface area contributed by atoms with Gasteiger partial charge in [0.2, 0.25) is 0 Å². The SMILES string of the molecule is OCc1c(S)ccc2cc(CCl)sc12. The van der Waals surface area contributed by atoms with Crippen LogP contribution in [0.15, 0.2) is 23.1 Å². The van der Waals surface area contributed by atoms with Crippen LogP contribution < -0.4 is 0 Å². The minimum absolute atomic E-state index is 0.0262. The Kier molecular flexibility index (Phi) is 3.02. The molecule has 2 rings (SSSR count). The summed E-state index contributed by atoms with van der Waals surface area (Å²) >= 11 is 11.7. The van der Waals surface area contributed by atoms with Crippen molar-refractivity contribution >= 4 is 45.7 Å². The molecule has 0 aliphatic carbocycles. The molecule has 1 heterocycles. The molecule has 0 amide bonds. The number of aliphatic hydroxyl groups excluding tert-OH is 1. The zero-order valence-corrected chi connectivity index (χ0v) is 9.79. The van der Waals surface area contributed by atoms with Crippen LogP contribution in [0.2, 0.25) is 0 Å². The van der Waals surface area contributed by atoms with Crippen LogP contribution in [-0.2, 0) is 12.5 Å². The Balaban J connectivity index is 2.73. The monoisotopic (exact) mass is 244 g/mol. The second-order valence-electron chi connectivity index (χ2n) is 2.99. The minimum atomic E-state index is 0.0262. The molecule has 0 fully saturated rings. The fraction of sp³-hybridized carbons (Fsp3) is 0.200. The zero-order chi connectivity index (χ0) is 10.1. The molecule has 14 heavy (non-hydrogen) atoms. The van der Waals surface area contributed by atoms with E-state index in [1.165, 1.54) is 0 Å². The van der Waals surface area contributed by atoms with Crippen LogP contribution in [0.4, 0.5) is 0 Å². The molecule has 0 atom stereocenters. The van der Waals surface area contributed by atoms with Crippen molar-refractivity contribution in [2.75, 3.05) is 0 Å². The van der Waals surface area contributed by atoms with Crippen LogP contribution in [0, 0.1) is 0 Å². The van der Waals surface area contributed by atoms with Crippen molar-refractivity contribution in [3.05, 3.63) is 28.6 Å². The van der Waals surface area contributed by atoms with Gasteiger partial charge in [-0.2, -0.15) is 0 Å². The number of fused-ring (bicyclic) bond motifs is 1. The molecule has 0 spiro atoms. The van der Waals surface area contributed by atoms with Crippen molar-refractivity contribution in [3.8, 4) is 0 Å². The van der Waals surface area contributed by atoms with E-state index in [1.807, 2.05) is 12.1 Å². The van der Waals surface area contributed by atoms with E-state index >= 15 is 0 Å². The summed E-state index contributed by atoms with van der Waals surface area (Å²) in [6.07, 6.45) is 0. The third-order valence-corrected chi connectivity index (χ3v) is 4.18. The Bertz CT molecular complexity index is 464. The summed E-state index contributed by atoms with van der Waals surface area (Å²) < 4.78 is 1.09. The highest BCUT2D eigenvalue weighted by atomic mass is 35.5. The van der Waals surface area contributed by atoms with E-state index in [0.29, 0.717) is 5.88 Å². The number of halogens is 1. The number of benzene rings is 1. The predicted octanol–water partition coefficient (Wildman–Crippen LogP) is 3.42. The quantitative estimate of drug-likeness (QED) is 0.613. The van der Waals surface area contributed by atoms with Gasteiger partial charge in [-0.3, -0.25) is 0 Å². The highest BCUT2D eigenvalue weighted by Gasteiger charge is 2.07. The lowest BCUT2D eigenvalue weighted by Crippen LogP contribution is -1.84. The highest BCUT2D eigenvalue weighted by molar-refractivity contribution is 7.80. The molecule has 0 aliphatic heterocycles. The summed E-state index contributed by atoms with van der Waals surface area (Å²) in [5.41, 5.74) is 0.896. The maximum absolute atomic E-state index is 9.22. The van der Waals surface area contributed by atoms with Gasteiger partial charge in [0, 0.05) is 20.0 Å². The van der Waals surface area contributed by atoms with Gasteiger partial charge >= 0.3 is 0 Å². The van der Waals surface area contributed by atoms with Crippen molar-refractivity contribution in [1.82, 2.24) is 0 Å². The third kappa shape index (κ3) is 1.65. The fourth-order valence-electron chi connectivity index (χ4n) is 1.42. The summed E-state index contributed by atoms with van der Waals surface area (Å²) in [4.78, 5) is 1.96. The highest BCUT2D eigenvalue weighted by Crippen LogP contribution is 2.32. The molecule has 0 bridgehead atoms. The first kappa shape index (κ1) is 10.3. The molecular formula is C10H9ClOS2. The molecule has 74 valence electrons. The molecule has 0 unspecified atom stereocenters. The van der Waals surface area contributed by atoms with Gasteiger partial charge in [0.05, 0.1) is 12.5 Å². The molecule has 1 aromatic carbocycles. The van der Waals surface area contributed by atoms with E-state index in [9.17, 15) is 5.11 Å². The number of thiophene rings is 1. The normalized spacial score (nSPS) is 11.1. The Labute approximate surface area is 96.7 Å². The zero-order valence-electron chi connectivity index (χ0n) is 7.33. The van der Waals surface area contributed by atoms with E-state index in [-0.39, 0.29) is 6.61 Å². The van der Waals surface area contributed by atoms with Gasteiger partial charge in [0.1, 0.15) is 0 Å². The van der Waals surface area contributed by atoms with Crippen molar-refractivity contribution < 1.29 is 5.11 Å². The summed E-state index contributed by atoms with van der Waals surface area (Å²) in [5.74, 6) is 0.520. The Morgan fingerprint density at radius 2 is 2.21 bits per heavy atom. The summed E-state index contributed by atoms with van der Waals surface area (Å²) in [6, 6.07) is 5.96. The van der Waals surface area contributed by atoms with Crippen LogP contribution in [-0.4, -0.2) is 5.11 Å². The van der Waals surface area contributed by atoms with Crippen molar-refractivity contribution in [2.24, 2.45) is 0 Å². The van der Waals surface area contributed by atoms with Crippen molar-refractivity contribution in [3.63, 3.8) is 0 Å². The van der Waals surface area contributed by atoms with E-state index in [2.05, 4.69) is 18.7 Å². The Morgan fingerprint density at radius 1 is 1.43 bits per heavy atom. The second-order valence-corrected chi connectivity index (χ2v) is 4.87. The molecule has 1 N–H and O–H groups in total. The van der Waals surface area contributed by atoms with Crippen LogP contribution in [0.3, 0.4) is 0 Å². The van der Waals surface area contributed by atoms with Crippen LogP contribution >= 0.6 is 35.6 Å². The molecule has 0 aliphatic rings. The van der Waals surface area contributed by atoms with Crippen molar-refractivity contribution in [1.29, 1.82) is 0 Å². The maximum Gasteiger partial charge on any atom is 0.0706 e. The molecule has 0 radical (unpaired) electrons. The fourth-order valence-corrected chi connectivity index (χ4v) is 3.04. The molecule has 2 aromatic rings. The lowest BCUT2D eigenvalue weighted by molar-refractivity contribution is 0.281. The van der Waals surface area contributed by atoms with Gasteiger partial charge in [-0.15, -0.1) is 35.6 Å². The number of rotatable bonds is 2. The Morgan fingerprint density at radius 3 is 2.86 bits per heavy atom. The van der Waals surface area contributed by atoms with E-state index in [4.69, 9.17) is 11.6 Å². The van der Waals surface area contributed by atoms with Gasteiger partial charge < -0.3 is 5.11 Å². The predicted molar refractivity (Wildman–Crippen MR) is 64.6 cm³/mol. The average Bonchev–Trinajstić information content (AvgIpc) is 2.60. The molecule has 0 saturated heterocycles. The second kappa shape index (κ2) is 4.11. The number of aliphatic hydroxyl groups is 1. The molecular weight excluding hydrogens is 236 g/mol. The van der Waals surface area contributed by atoms with Gasteiger partial charge in [0.15, 0.2) is 0 Å². The molecule has 1 aromatic heterocycles. The van der Waals surface area contributed by atoms with E-state index < -0.39 is 0 Å². The van der Waals surface area contributed by atoms with Crippen LogP contribution in [0.5, 0.6) is 0 Å². The smallest absolute Gasteiger partial charge is 0.0706 e. The first-order valence-corrected chi connectivity index (χ1v) is 5.96. The summed E-state index contributed by atoms with van der Waals surface area (Å²) in [6.45, 7) is 0.0262. The Hall–Kier alpha value is -0.220. The minimum Gasteiger partial charge on any atom is -0.392 e. The first-order chi connectivity index (χ1) is 6.76. The van der Waals surface area contributed by atoms with Gasteiger partial charge in [-0.05, 0) is 17.5 Å². The molecule has 0 saturated carbocycles. The lowest BCUT2D eigenvalue weighted by atomic mass is 10.2. The largest absolute Gasteiger partial charge is 0.392 e.